The van der Waals surface area contributed by atoms with Gasteiger partial charge in [0.1, 0.15) is 0 Å². The van der Waals surface area contributed by atoms with E-state index in [1.807, 2.05) is 6.92 Å². The molecular formula is C12H27N3O2S. The predicted molar refractivity (Wildman–Crippen MR) is 74.7 cm³/mol. The second-order valence-corrected chi connectivity index (χ2v) is 7.89. The first-order chi connectivity index (χ1) is 8.24. The molecule has 6 heteroatoms. The molecule has 18 heavy (non-hydrogen) atoms. The Kier molecular flexibility index (Phi) is 5.58. The first kappa shape index (κ1) is 15.9. The van der Waals surface area contributed by atoms with Crippen LogP contribution in [0.2, 0.25) is 0 Å². The SMILES string of the molecule is CCCNS(=O)(=O)N1CCN(CC(C)(C)C)CC1. The second kappa shape index (κ2) is 6.32. The number of piperazine rings is 1. The van der Waals surface area contributed by atoms with Gasteiger partial charge in [-0.05, 0) is 11.8 Å². The molecule has 0 spiro atoms. The van der Waals surface area contributed by atoms with Gasteiger partial charge in [-0.2, -0.15) is 12.7 Å². The monoisotopic (exact) mass is 277 g/mol. The lowest BCUT2D eigenvalue weighted by atomic mass is 9.96. The van der Waals surface area contributed by atoms with Crippen LogP contribution in [-0.4, -0.2) is 56.9 Å². The van der Waals surface area contributed by atoms with E-state index in [0.29, 0.717) is 19.6 Å². The van der Waals surface area contributed by atoms with Crippen molar-refractivity contribution in [3.63, 3.8) is 0 Å². The quantitative estimate of drug-likeness (QED) is 0.812. The molecule has 0 bridgehead atoms. The summed E-state index contributed by atoms with van der Waals surface area (Å²) in [4.78, 5) is 2.34. The summed E-state index contributed by atoms with van der Waals surface area (Å²) in [6, 6.07) is 0. The zero-order valence-electron chi connectivity index (χ0n) is 12.1. The molecule has 1 rings (SSSR count). The normalized spacial score (nSPS) is 20.2. The van der Waals surface area contributed by atoms with Crippen LogP contribution < -0.4 is 4.72 Å². The van der Waals surface area contributed by atoms with Crippen LogP contribution in [0, 0.1) is 5.41 Å². The molecule has 1 N–H and O–H groups in total. The molecule has 1 aliphatic rings. The van der Waals surface area contributed by atoms with E-state index in [1.54, 1.807) is 4.31 Å². The number of rotatable bonds is 5. The smallest absolute Gasteiger partial charge is 0.279 e. The first-order valence-electron chi connectivity index (χ1n) is 6.72. The topological polar surface area (TPSA) is 52.7 Å². The van der Waals surface area contributed by atoms with E-state index in [0.717, 1.165) is 26.1 Å². The fourth-order valence-electron chi connectivity index (χ4n) is 2.12. The van der Waals surface area contributed by atoms with Gasteiger partial charge in [-0.3, -0.25) is 0 Å². The van der Waals surface area contributed by atoms with Crippen molar-refractivity contribution in [3.8, 4) is 0 Å². The van der Waals surface area contributed by atoms with Gasteiger partial charge < -0.3 is 4.90 Å². The molecule has 108 valence electrons. The zero-order chi connectivity index (χ0) is 13.8. The van der Waals surface area contributed by atoms with Gasteiger partial charge in [-0.15, -0.1) is 0 Å². The summed E-state index contributed by atoms with van der Waals surface area (Å²) in [5.41, 5.74) is 0.265. The molecule has 0 radical (unpaired) electrons. The van der Waals surface area contributed by atoms with Gasteiger partial charge in [0.15, 0.2) is 0 Å². The van der Waals surface area contributed by atoms with Crippen molar-refractivity contribution in [2.75, 3.05) is 39.3 Å². The molecule has 0 unspecified atom stereocenters. The van der Waals surface area contributed by atoms with Crippen molar-refractivity contribution in [1.29, 1.82) is 0 Å². The third-order valence-corrected chi connectivity index (χ3v) is 4.52. The van der Waals surface area contributed by atoms with Gasteiger partial charge >= 0.3 is 0 Å². The van der Waals surface area contributed by atoms with Crippen molar-refractivity contribution >= 4 is 10.2 Å². The Hall–Kier alpha value is -0.170. The summed E-state index contributed by atoms with van der Waals surface area (Å²) in [7, 11) is -3.26. The Morgan fingerprint density at radius 2 is 1.67 bits per heavy atom. The molecule has 1 fully saturated rings. The van der Waals surface area contributed by atoms with Gasteiger partial charge in [0, 0.05) is 39.3 Å². The van der Waals surface area contributed by atoms with Crippen LogP contribution in [0.15, 0.2) is 0 Å². The summed E-state index contributed by atoms with van der Waals surface area (Å²) in [6.45, 7) is 13.0. The standard InChI is InChI=1S/C12H27N3O2S/c1-5-6-13-18(16,17)15-9-7-14(8-10-15)11-12(2,3)4/h13H,5-11H2,1-4H3. The van der Waals surface area contributed by atoms with E-state index in [1.165, 1.54) is 0 Å². The minimum atomic E-state index is -3.26. The van der Waals surface area contributed by atoms with Gasteiger partial charge in [0.2, 0.25) is 0 Å². The predicted octanol–water partition coefficient (Wildman–Crippen LogP) is 0.895. The van der Waals surface area contributed by atoms with Crippen LogP contribution in [0.25, 0.3) is 0 Å². The fraction of sp³-hybridized carbons (Fsp3) is 1.00. The molecule has 0 saturated carbocycles. The first-order valence-corrected chi connectivity index (χ1v) is 8.16. The molecule has 1 heterocycles. The number of hydrogen-bond acceptors (Lipinski definition) is 3. The lowest BCUT2D eigenvalue weighted by molar-refractivity contribution is 0.140. The van der Waals surface area contributed by atoms with E-state index in [2.05, 4.69) is 30.4 Å². The van der Waals surface area contributed by atoms with E-state index in [9.17, 15) is 8.42 Å². The van der Waals surface area contributed by atoms with E-state index >= 15 is 0 Å². The minimum absolute atomic E-state index is 0.265. The third kappa shape index (κ3) is 5.22. The molecule has 1 aliphatic heterocycles. The fourth-order valence-corrected chi connectivity index (χ4v) is 3.41. The summed E-state index contributed by atoms with van der Waals surface area (Å²) in [6.07, 6.45) is 0.823. The highest BCUT2D eigenvalue weighted by molar-refractivity contribution is 7.87. The summed E-state index contributed by atoms with van der Waals surface area (Å²) in [5.74, 6) is 0. The molecule has 0 aromatic rings. The van der Waals surface area contributed by atoms with Crippen molar-refractivity contribution < 1.29 is 8.42 Å². The average molecular weight is 277 g/mol. The Morgan fingerprint density at radius 1 is 1.11 bits per heavy atom. The van der Waals surface area contributed by atoms with Crippen LogP contribution in [-0.2, 0) is 10.2 Å². The molecular weight excluding hydrogens is 250 g/mol. The Balaban J connectivity index is 2.44. The molecule has 1 saturated heterocycles. The van der Waals surface area contributed by atoms with Crippen LogP contribution in [0.1, 0.15) is 34.1 Å². The lowest BCUT2D eigenvalue weighted by Gasteiger charge is -2.37. The Morgan fingerprint density at radius 3 is 2.11 bits per heavy atom. The molecule has 0 aromatic carbocycles. The van der Waals surface area contributed by atoms with Crippen LogP contribution in [0.5, 0.6) is 0 Å². The number of nitrogens with zero attached hydrogens (tertiary/aromatic N) is 2. The maximum absolute atomic E-state index is 11.9. The van der Waals surface area contributed by atoms with Crippen molar-refractivity contribution in [2.24, 2.45) is 5.41 Å². The van der Waals surface area contributed by atoms with Crippen molar-refractivity contribution in [2.45, 2.75) is 34.1 Å². The summed E-state index contributed by atoms with van der Waals surface area (Å²) in [5, 5.41) is 0. The van der Waals surface area contributed by atoms with Crippen LogP contribution in [0.4, 0.5) is 0 Å². The molecule has 0 aromatic heterocycles. The van der Waals surface area contributed by atoms with Gasteiger partial charge in [-0.25, -0.2) is 4.72 Å². The Bertz CT molecular complexity index is 341. The molecule has 0 amide bonds. The van der Waals surface area contributed by atoms with E-state index in [-0.39, 0.29) is 5.41 Å². The van der Waals surface area contributed by atoms with Gasteiger partial charge in [0.05, 0.1) is 0 Å². The maximum atomic E-state index is 11.9. The number of nitrogens with one attached hydrogen (secondary N) is 1. The van der Waals surface area contributed by atoms with Crippen LogP contribution >= 0.6 is 0 Å². The van der Waals surface area contributed by atoms with Gasteiger partial charge in [0.25, 0.3) is 10.2 Å². The summed E-state index contributed by atoms with van der Waals surface area (Å²) < 4.78 is 28.0. The van der Waals surface area contributed by atoms with E-state index < -0.39 is 10.2 Å². The van der Waals surface area contributed by atoms with Crippen molar-refractivity contribution in [1.82, 2.24) is 13.9 Å². The molecule has 0 atom stereocenters. The second-order valence-electron chi connectivity index (χ2n) is 6.14. The average Bonchev–Trinajstić information content (AvgIpc) is 2.25. The van der Waals surface area contributed by atoms with Gasteiger partial charge in [-0.1, -0.05) is 27.7 Å². The Labute approximate surface area is 112 Å². The summed E-state index contributed by atoms with van der Waals surface area (Å²) >= 11 is 0. The number of hydrogen-bond donors (Lipinski definition) is 1. The molecule has 5 nitrogen and oxygen atoms in total. The highest BCUT2D eigenvalue weighted by Crippen LogP contribution is 2.17. The van der Waals surface area contributed by atoms with Crippen LogP contribution in [0.3, 0.4) is 0 Å². The zero-order valence-corrected chi connectivity index (χ0v) is 12.9. The largest absolute Gasteiger partial charge is 0.300 e. The minimum Gasteiger partial charge on any atom is -0.300 e. The maximum Gasteiger partial charge on any atom is 0.279 e. The molecule has 0 aliphatic carbocycles. The third-order valence-electron chi connectivity index (χ3n) is 2.90. The highest BCUT2D eigenvalue weighted by Gasteiger charge is 2.27. The lowest BCUT2D eigenvalue weighted by Crippen LogP contribution is -2.53. The highest BCUT2D eigenvalue weighted by atomic mass is 32.2. The van der Waals surface area contributed by atoms with Crippen molar-refractivity contribution in [3.05, 3.63) is 0 Å². The van der Waals surface area contributed by atoms with E-state index in [4.69, 9.17) is 0 Å².